The highest BCUT2D eigenvalue weighted by atomic mass is 32.1. The molecule has 1 nitrogen and oxygen atoms in total. The fourth-order valence-electron chi connectivity index (χ4n) is 2.26. The van der Waals surface area contributed by atoms with Gasteiger partial charge in [-0.25, -0.2) is 4.31 Å². The summed E-state index contributed by atoms with van der Waals surface area (Å²) < 4.78 is 2.27. The Morgan fingerprint density at radius 2 is 2.22 bits per heavy atom. The van der Waals surface area contributed by atoms with Crippen molar-refractivity contribution in [3.63, 3.8) is 0 Å². The third-order valence-electron chi connectivity index (χ3n) is 2.81. The van der Waals surface area contributed by atoms with Gasteiger partial charge in [0.2, 0.25) is 0 Å². The molecule has 2 unspecified atom stereocenters. The Morgan fingerprint density at radius 3 is 2.44 bits per heavy atom. The molecule has 2 saturated heterocycles. The van der Waals surface area contributed by atoms with Crippen LogP contribution in [0.1, 0.15) is 26.2 Å². The summed E-state index contributed by atoms with van der Waals surface area (Å²) in [6, 6.07) is 1.62. The highest BCUT2D eigenvalue weighted by Gasteiger charge is 2.42. The van der Waals surface area contributed by atoms with Crippen molar-refractivity contribution in [2.24, 2.45) is 5.92 Å². The van der Waals surface area contributed by atoms with Gasteiger partial charge in [-0.15, -0.1) is 0 Å². The van der Waals surface area contributed by atoms with E-state index in [1.807, 2.05) is 0 Å². The summed E-state index contributed by atoms with van der Waals surface area (Å²) >= 11 is 4.44. The van der Waals surface area contributed by atoms with Gasteiger partial charge in [0.15, 0.2) is 0 Å². The first-order chi connectivity index (χ1) is 4.29. The molecule has 0 aromatic carbocycles. The maximum absolute atomic E-state index is 4.44. The van der Waals surface area contributed by atoms with E-state index in [-0.39, 0.29) is 0 Å². The van der Waals surface area contributed by atoms with E-state index in [4.69, 9.17) is 0 Å². The van der Waals surface area contributed by atoms with Gasteiger partial charge in [0.1, 0.15) is 0 Å². The predicted molar refractivity (Wildman–Crippen MR) is 41.4 cm³/mol. The van der Waals surface area contributed by atoms with Crippen molar-refractivity contribution in [2.75, 3.05) is 0 Å². The van der Waals surface area contributed by atoms with Crippen LogP contribution in [0.3, 0.4) is 0 Å². The van der Waals surface area contributed by atoms with E-state index in [2.05, 4.69) is 24.0 Å². The van der Waals surface area contributed by atoms with Crippen molar-refractivity contribution in [3.8, 4) is 0 Å². The summed E-state index contributed by atoms with van der Waals surface area (Å²) in [7, 11) is 0. The fourth-order valence-corrected chi connectivity index (χ4v) is 2.81. The third-order valence-corrected chi connectivity index (χ3v) is 3.43. The van der Waals surface area contributed by atoms with Gasteiger partial charge in [0.25, 0.3) is 0 Å². The van der Waals surface area contributed by atoms with Gasteiger partial charge < -0.3 is 0 Å². The van der Waals surface area contributed by atoms with Gasteiger partial charge in [-0.3, -0.25) is 0 Å². The largest absolute Gasteiger partial charge is 0.247 e. The van der Waals surface area contributed by atoms with Gasteiger partial charge in [0, 0.05) is 12.1 Å². The summed E-state index contributed by atoms with van der Waals surface area (Å²) in [6.07, 6.45) is 4.15. The second-order valence-corrected chi connectivity index (χ2v) is 3.85. The first kappa shape index (κ1) is 6.05. The van der Waals surface area contributed by atoms with E-state index in [0.29, 0.717) is 0 Å². The second kappa shape index (κ2) is 1.89. The van der Waals surface area contributed by atoms with E-state index < -0.39 is 0 Å². The first-order valence-corrected chi connectivity index (χ1v) is 4.16. The van der Waals surface area contributed by atoms with Crippen molar-refractivity contribution in [1.29, 1.82) is 0 Å². The van der Waals surface area contributed by atoms with Crippen LogP contribution in [-0.2, 0) is 0 Å². The lowest BCUT2D eigenvalue weighted by atomic mass is 9.91. The molecule has 2 heterocycles. The number of rotatable bonds is 0. The molecule has 2 aliphatic heterocycles. The minimum absolute atomic E-state index is 0.804. The molecule has 52 valence electrons. The van der Waals surface area contributed by atoms with Crippen LogP contribution in [0.25, 0.3) is 0 Å². The average molecular weight is 143 g/mol. The highest BCUT2D eigenvalue weighted by molar-refractivity contribution is 7.77. The zero-order chi connectivity index (χ0) is 6.43. The van der Waals surface area contributed by atoms with Crippen molar-refractivity contribution < 1.29 is 0 Å². The third kappa shape index (κ3) is 0.729. The lowest BCUT2D eigenvalue weighted by molar-refractivity contribution is 0.407. The van der Waals surface area contributed by atoms with E-state index in [1.165, 1.54) is 19.3 Å². The maximum Gasteiger partial charge on any atom is 0.0230 e. The number of nitrogens with zero attached hydrogens (tertiary/aromatic N) is 1. The molecular weight excluding hydrogens is 130 g/mol. The minimum Gasteiger partial charge on any atom is -0.247 e. The summed E-state index contributed by atoms with van der Waals surface area (Å²) in [5, 5.41) is 0. The molecule has 0 amide bonds. The molecule has 2 rings (SSSR count). The van der Waals surface area contributed by atoms with Crippen LogP contribution in [0.5, 0.6) is 0 Å². The van der Waals surface area contributed by atoms with Gasteiger partial charge in [-0.05, 0) is 25.2 Å². The molecule has 0 radical (unpaired) electrons. The predicted octanol–water partition coefficient (Wildman–Crippen LogP) is 1.70. The molecule has 0 aromatic heterocycles. The SMILES string of the molecule is C[C@@H]1CC2CCC1N2S. The monoisotopic (exact) mass is 143 g/mol. The normalized spacial score (nSPS) is 50.7. The molecule has 9 heavy (non-hydrogen) atoms. The Hall–Kier alpha value is 0.310. The van der Waals surface area contributed by atoms with E-state index >= 15 is 0 Å². The molecule has 2 aliphatic rings. The fraction of sp³-hybridized carbons (Fsp3) is 1.00. The van der Waals surface area contributed by atoms with Gasteiger partial charge in [-0.2, -0.15) is 0 Å². The van der Waals surface area contributed by atoms with Crippen molar-refractivity contribution >= 4 is 12.8 Å². The summed E-state index contributed by atoms with van der Waals surface area (Å²) in [4.78, 5) is 0. The van der Waals surface area contributed by atoms with Crippen LogP contribution in [0.4, 0.5) is 0 Å². The van der Waals surface area contributed by atoms with Gasteiger partial charge in [-0.1, -0.05) is 19.7 Å². The number of hydrogen-bond donors (Lipinski definition) is 1. The summed E-state index contributed by atoms with van der Waals surface area (Å²) in [6.45, 7) is 2.34. The summed E-state index contributed by atoms with van der Waals surface area (Å²) in [5.41, 5.74) is 0. The molecule has 0 spiro atoms. The number of hydrogen-bond acceptors (Lipinski definition) is 2. The Kier molecular flexibility index (Phi) is 1.27. The molecule has 3 atom stereocenters. The molecular formula is C7H13NS. The van der Waals surface area contributed by atoms with Gasteiger partial charge >= 0.3 is 0 Å². The zero-order valence-corrected chi connectivity index (χ0v) is 6.64. The molecule has 2 fully saturated rings. The Labute approximate surface area is 62.0 Å². The lowest BCUT2D eigenvalue weighted by Gasteiger charge is -2.15. The molecule has 2 heteroatoms. The smallest absolute Gasteiger partial charge is 0.0230 e. The van der Waals surface area contributed by atoms with Crippen LogP contribution >= 0.6 is 12.8 Å². The zero-order valence-electron chi connectivity index (χ0n) is 5.75. The Bertz CT molecular complexity index is 126. The first-order valence-electron chi connectivity index (χ1n) is 3.76. The van der Waals surface area contributed by atoms with E-state index in [1.54, 1.807) is 0 Å². The highest BCUT2D eigenvalue weighted by Crippen LogP contribution is 2.42. The van der Waals surface area contributed by atoms with Crippen LogP contribution in [-0.4, -0.2) is 16.4 Å². The molecule has 2 bridgehead atoms. The summed E-state index contributed by atoms with van der Waals surface area (Å²) in [5.74, 6) is 0.904. The number of thiol groups is 1. The van der Waals surface area contributed by atoms with E-state index in [9.17, 15) is 0 Å². The van der Waals surface area contributed by atoms with Crippen LogP contribution in [0, 0.1) is 5.92 Å². The lowest BCUT2D eigenvalue weighted by Crippen LogP contribution is -2.19. The second-order valence-electron chi connectivity index (χ2n) is 3.39. The molecule has 0 N–H and O–H groups in total. The number of fused-ring (bicyclic) bond motifs is 2. The van der Waals surface area contributed by atoms with E-state index in [0.717, 1.165) is 18.0 Å². The van der Waals surface area contributed by atoms with Crippen LogP contribution in [0.2, 0.25) is 0 Å². The topological polar surface area (TPSA) is 3.24 Å². The molecule has 0 aromatic rings. The Balaban J connectivity index is 2.16. The van der Waals surface area contributed by atoms with Crippen molar-refractivity contribution in [2.45, 2.75) is 38.3 Å². The standard InChI is InChI=1S/C7H13NS/c1-5-4-6-2-3-7(5)8(6)9/h5-7,9H,2-4H2,1H3/t5-,6?,7?/m1/s1. The van der Waals surface area contributed by atoms with Crippen LogP contribution in [0.15, 0.2) is 0 Å². The van der Waals surface area contributed by atoms with Crippen molar-refractivity contribution in [3.05, 3.63) is 0 Å². The quantitative estimate of drug-likeness (QED) is 0.505. The Morgan fingerprint density at radius 1 is 1.44 bits per heavy atom. The average Bonchev–Trinajstić information content (AvgIpc) is 2.25. The van der Waals surface area contributed by atoms with Gasteiger partial charge in [0.05, 0.1) is 0 Å². The van der Waals surface area contributed by atoms with Crippen LogP contribution < -0.4 is 0 Å². The maximum atomic E-state index is 4.44. The molecule has 0 saturated carbocycles. The van der Waals surface area contributed by atoms with Crippen molar-refractivity contribution in [1.82, 2.24) is 4.31 Å². The minimum atomic E-state index is 0.804. The molecule has 0 aliphatic carbocycles.